The molecule has 0 bridgehead atoms. The van der Waals surface area contributed by atoms with Gasteiger partial charge in [-0.3, -0.25) is 4.79 Å². The average molecular weight is 157 g/mol. The van der Waals surface area contributed by atoms with Crippen molar-refractivity contribution >= 4 is 29.2 Å². The molecule has 4 heteroatoms. The zero-order valence-corrected chi connectivity index (χ0v) is 5.61. The number of hydrogen-bond acceptors (Lipinski definition) is 1. The third-order valence-electron chi connectivity index (χ3n) is 0.631. The first-order chi connectivity index (χ1) is 3.68. The highest BCUT2D eigenvalue weighted by Gasteiger charge is 2.10. The Kier molecular flexibility index (Phi) is 4.01. The van der Waals surface area contributed by atoms with Crippen molar-refractivity contribution in [3.8, 4) is 0 Å². The Labute approximate surface area is 57.4 Å². The van der Waals surface area contributed by atoms with Gasteiger partial charge in [-0.2, -0.15) is 0 Å². The molecule has 0 aliphatic heterocycles. The molecular formula is C4H6Cl2O2. The summed E-state index contributed by atoms with van der Waals surface area (Å²) in [4.78, 5) is 9.90. The summed E-state index contributed by atoms with van der Waals surface area (Å²) in [5, 5.41) is 7.30. The molecule has 48 valence electrons. The van der Waals surface area contributed by atoms with Gasteiger partial charge < -0.3 is 5.11 Å². The van der Waals surface area contributed by atoms with Crippen LogP contribution in [0.25, 0.3) is 0 Å². The minimum absolute atomic E-state index is 0.292. The zero-order chi connectivity index (χ0) is 6.57. The summed E-state index contributed by atoms with van der Waals surface area (Å²) in [6, 6.07) is 0. The number of rotatable bonds is 3. The van der Waals surface area contributed by atoms with E-state index in [1.165, 1.54) is 0 Å². The molecule has 0 aromatic carbocycles. The molecule has 0 radical (unpaired) electrons. The van der Waals surface area contributed by atoms with Gasteiger partial charge in [0.1, 0.15) is 5.38 Å². The van der Waals surface area contributed by atoms with Crippen LogP contribution in [0.4, 0.5) is 0 Å². The smallest absolute Gasteiger partial charge is 0.321 e. The Balaban J connectivity index is 3.32. The molecule has 0 amide bonds. The highest BCUT2D eigenvalue weighted by atomic mass is 35.5. The summed E-state index contributed by atoms with van der Waals surface area (Å²) in [6.07, 6.45) is 0.318. The van der Waals surface area contributed by atoms with Gasteiger partial charge >= 0.3 is 5.97 Å². The summed E-state index contributed by atoms with van der Waals surface area (Å²) >= 11 is 10.4. The summed E-state index contributed by atoms with van der Waals surface area (Å²) in [5.74, 6) is -0.715. The van der Waals surface area contributed by atoms with Crippen molar-refractivity contribution in [2.45, 2.75) is 11.8 Å². The van der Waals surface area contributed by atoms with E-state index < -0.39 is 11.3 Å². The number of carbonyl (C=O) groups is 1. The van der Waals surface area contributed by atoms with E-state index in [2.05, 4.69) is 0 Å². The van der Waals surface area contributed by atoms with Crippen molar-refractivity contribution < 1.29 is 9.90 Å². The van der Waals surface area contributed by atoms with Crippen LogP contribution in [0.1, 0.15) is 6.42 Å². The topological polar surface area (TPSA) is 37.3 Å². The van der Waals surface area contributed by atoms with Gasteiger partial charge in [-0.1, -0.05) is 0 Å². The van der Waals surface area contributed by atoms with Gasteiger partial charge in [0.05, 0.1) is 0 Å². The van der Waals surface area contributed by atoms with E-state index in [1.807, 2.05) is 0 Å². The number of halogens is 2. The third-order valence-corrected chi connectivity index (χ3v) is 1.25. The van der Waals surface area contributed by atoms with Crippen LogP contribution >= 0.6 is 23.2 Å². The molecule has 0 spiro atoms. The lowest BCUT2D eigenvalue weighted by molar-refractivity contribution is -0.136. The number of aliphatic carboxylic acids is 1. The van der Waals surface area contributed by atoms with E-state index in [0.29, 0.717) is 12.3 Å². The average Bonchev–Trinajstić information content (AvgIpc) is 1.67. The first-order valence-corrected chi connectivity index (χ1v) is 3.08. The van der Waals surface area contributed by atoms with E-state index >= 15 is 0 Å². The van der Waals surface area contributed by atoms with Gasteiger partial charge in [0.25, 0.3) is 0 Å². The predicted octanol–water partition coefficient (Wildman–Crippen LogP) is 1.31. The molecule has 0 aromatic heterocycles. The van der Waals surface area contributed by atoms with Crippen molar-refractivity contribution in [1.29, 1.82) is 0 Å². The van der Waals surface area contributed by atoms with Crippen LogP contribution in [0.15, 0.2) is 0 Å². The summed E-state index contributed by atoms with van der Waals surface area (Å²) in [5.41, 5.74) is 0. The molecule has 1 atom stereocenters. The Bertz CT molecular complexity index is 84.1. The van der Waals surface area contributed by atoms with E-state index in [4.69, 9.17) is 28.3 Å². The second kappa shape index (κ2) is 3.98. The van der Waals surface area contributed by atoms with Crippen LogP contribution in [-0.2, 0) is 4.79 Å². The molecule has 0 aliphatic rings. The lowest BCUT2D eigenvalue weighted by atomic mass is 10.3. The number of carboxylic acid groups (broad SMARTS) is 1. The van der Waals surface area contributed by atoms with E-state index in [0.717, 1.165) is 0 Å². The van der Waals surface area contributed by atoms with Gasteiger partial charge in [0, 0.05) is 5.88 Å². The maximum absolute atomic E-state index is 9.90. The first kappa shape index (κ1) is 8.05. The highest BCUT2D eigenvalue weighted by Crippen LogP contribution is 2.02. The first-order valence-electron chi connectivity index (χ1n) is 2.11. The van der Waals surface area contributed by atoms with Crippen molar-refractivity contribution in [1.82, 2.24) is 0 Å². The van der Waals surface area contributed by atoms with Crippen molar-refractivity contribution in [3.63, 3.8) is 0 Å². The maximum Gasteiger partial charge on any atom is 0.321 e. The maximum atomic E-state index is 9.90. The molecule has 0 saturated carbocycles. The fourth-order valence-corrected chi connectivity index (χ4v) is 0.658. The predicted molar refractivity (Wildman–Crippen MR) is 32.6 cm³/mol. The number of alkyl halides is 2. The summed E-state index contributed by atoms with van der Waals surface area (Å²) < 4.78 is 0. The standard InChI is InChI=1S/C4H6Cl2O2/c5-2-1-3(6)4(7)8/h3H,1-2H2,(H,7,8). The van der Waals surface area contributed by atoms with Crippen LogP contribution in [0.2, 0.25) is 0 Å². The van der Waals surface area contributed by atoms with Crippen LogP contribution < -0.4 is 0 Å². The fourth-order valence-electron chi connectivity index (χ4n) is 0.219. The molecule has 0 saturated heterocycles. The largest absolute Gasteiger partial charge is 0.480 e. The molecule has 0 rings (SSSR count). The van der Waals surface area contributed by atoms with Gasteiger partial charge in [-0.05, 0) is 6.42 Å². The Morgan fingerprint density at radius 3 is 2.38 bits per heavy atom. The lowest BCUT2D eigenvalue weighted by Crippen LogP contribution is -2.12. The van der Waals surface area contributed by atoms with Crippen LogP contribution in [0.3, 0.4) is 0 Å². The van der Waals surface area contributed by atoms with Crippen LogP contribution in [0, 0.1) is 0 Å². The zero-order valence-electron chi connectivity index (χ0n) is 4.10. The van der Waals surface area contributed by atoms with E-state index in [-0.39, 0.29) is 0 Å². The molecule has 0 aromatic rings. The second-order valence-electron chi connectivity index (χ2n) is 1.28. The lowest BCUT2D eigenvalue weighted by Gasteiger charge is -1.96. The number of carboxylic acids is 1. The molecule has 0 aliphatic carbocycles. The summed E-state index contributed by atoms with van der Waals surface area (Å²) in [7, 11) is 0. The molecule has 1 unspecified atom stereocenters. The van der Waals surface area contributed by atoms with Crippen LogP contribution in [-0.4, -0.2) is 22.3 Å². The molecule has 2 nitrogen and oxygen atoms in total. The Morgan fingerprint density at radius 2 is 2.25 bits per heavy atom. The van der Waals surface area contributed by atoms with Gasteiger partial charge in [0.15, 0.2) is 0 Å². The molecular weight excluding hydrogens is 151 g/mol. The SMILES string of the molecule is O=C(O)C(Cl)CCCl. The van der Waals surface area contributed by atoms with E-state index in [9.17, 15) is 4.79 Å². The molecule has 0 fully saturated rings. The molecule has 8 heavy (non-hydrogen) atoms. The van der Waals surface area contributed by atoms with Crippen molar-refractivity contribution in [2.75, 3.05) is 5.88 Å². The minimum Gasteiger partial charge on any atom is -0.480 e. The van der Waals surface area contributed by atoms with Gasteiger partial charge in [0.2, 0.25) is 0 Å². The highest BCUT2D eigenvalue weighted by molar-refractivity contribution is 6.30. The van der Waals surface area contributed by atoms with Crippen molar-refractivity contribution in [2.24, 2.45) is 0 Å². The quantitative estimate of drug-likeness (QED) is 0.627. The minimum atomic E-state index is -1.01. The summed E-state index contributed by atoms with van der Waals surface area (Å²) in [6.45, 7) is 0. The van der Waals surface area contributed by atoms with Crippen LogP contribution in [0.5, 0.6) is 0 Å². The fraction of sp³-hybridized carbons (Fsp3) is 0.750. The van der Waals surface area contributed by atoms with Gasteiger partial charge in [-0.15, -0.1) is 23.2 Å². The molecule has 1 N–H and O–H groups in total. The van der Waals surface area contributed by atoms with E-state index in [1.54, 1.807) is 0 Å². The number of hydrogen-bond donors (Lipinski definition) is 1. The van der Waals surface area contributed by atoms with Crippen molar-refractivity contribution in [3.05, 3.63) is 0 Å². The normalized spacial score (nSPS) is 13.2. The Hall–Kier alpha value is 0.0500. The third kappa shape index (κ3) is 3.10. The Morgan fingerprint density at radius 1 is 1.75 bits per heavy atom. The second-order valence-corrected chi connectivity index (χ2v) is 2.19. The monoisotopic (exact) mass is 156 g/mol. The molecule has 0 heterocycles. The van der Waals surface area contributed by atoms with Gasteiger partial charge in [-0.25, -0.2) is 0 Å².